The zero-order valence-electron chi connectivity index (χ0n) is 16.6. The van der Waals surface area contributed by atoms with E-state index in [9.17, 15) is 9.59 Å². The van der Waals surface area contributed by atoms with Gasteiger partial charge in [-0.15, -0.1) is 0 Å². The van der Waals surface area contributed by atoms with Gasteiger partial charge in [-0.2, -0.15) is 0 Å². The number of Topliss-reactive ketones (excluding diaryl/α,β-unsaturated/α-hetero) is 1. The lowest BCUT2D eigenvalue weighted by Gasteiger charge is -2.05. The lowest BCUT2D eigenvalue weighted by Crippen LogP contribution is -2.26. The van der Waals surface area contributed by atoms with Crippen molar-refractivity contribution in [2.75, 3.05) is 13.7 Å². The molecule has 6 nitrogen and oxygen atoms in total. The van der Waals surface area contributed by atoms with E-state index in [0.29, 0.717) is 24.3 Å². The number of hydrogen-bond donors (Lipinski definition) is 1. The van der Waals surface area contributed by atoms with Gasteiger partial charge in [-0.1, -0.05) is 41.6 Å². The van der Waals surface area contributed by atoms with Gasteiger partial charge in [0, 0.05) is 43.0 Å². The summed E-state index contributed by atoms with van der Waals surface area (Å²) in [4.78, 5) is 24.3. The number of amides is 1. The second-order valence-electron chi connectivity index (χ2n) is 6.75. The Hall–Kier alpha value is -3.41. The molecule has 1 heterocycles. The largest absolute Gasteiger partial charge is 0.497 e. The van der Waals surface area contributed by atoms with E-state index in [1.807, 2.05) is 55.5 Å². The third kappa shape index (κ3) is 5.54. The summed E-state index contributed by atoms with van der Waals surface area (Å²) in [6, 6.07) is 16.8. The number of nitrogens with zero attached hydrogens (tertiary/aromatic N) is 1. The summed E-state index contributed by atoms with van der Waals surface area (Å²) in [6.07, 6.45) is 0.909. The number of aryl methyl sites for hydroxylation is 1. The Morgan fingerprint density at radius 1 is 1.07 bits per heavy atom. The van der Waals surface area contributed by atoms with E-state index in [1.165, 1.54) is 0 Å². The van der Waals surface area contributed by atoms with Crippen LogP contribution in [0.15, 0.2) is 59.1 Å². The number of hydrogen-bond acceptors (Lipinski definition) is 5. The molecule has 1 aromatic heterocycles. The lowest BCUT2D eigenvalue weighted by molar-refractivity contribution is -0.121. The third-order valence-corrected chi connectivity index (χ3v) is 4.64. The van der Waals surface area contributed by atoms with Crippen LogP contribution < -0.4 is 10.1 Å². The second kappa shape index (κ2) is 9.68. The number of aromatic nitrogens is 1. The van der Waals surface area contributed by atoms with Crippen molar-refractivity contribution in [2.24, 2.45) is 0 Å². The summed E-state index contributed by atoms with van der Waals surface area (Å²) >= 11 is 0. The smallest absolute Gasteiger partial charge is 0.220 e. The fourth-order valence-corrected chi connectivity index (χ4v) is 3.01. The molecular weight excluding hydrogens is 368 g/mol. The van der Waals surface area contributed by atoms with Gasteiger partial charge in [0.15, 0.2) is 11.5 Å². The molecule has 0 saturated heterocycles. The Bertz CT molecular complexity index is 994. The predicted octanol–water partition coefficient (Wildman–Crippen LogP) is 3.98. The number of carbonyl (C=O) groups is 2. The molecule has 2 aromatic carbocycles. The van der Waals surface area contributed by atoms with Gasteiger partial charge < -0.3 is 14.6 Å². The molecular formula is C23H24N2O4. The average Bonchev–Trinajstić information content (AvgIpc) is 3.21. The molecule has 1 N–H and O–H groups in total. The van der Waals surface area contributed by atoms with E-state index in [4.69, 9.17) is 9.26 Å². The Balaban J connectivity index is 1.44. The SMILES string of the molecule is COc1cccc(-c2cc(CCNC(=O)CCC(=O)c3ccccc3C)no2)c1. The molecule has 0 aliphatic rings. The first kappa shape index (κ1) is 20.3. The van der Waals surface area contributed by atoms with Crippen LogP contribution in [0.3, 0.4) is 0 Å². The van der Waals surface area contributed by atoms with Crippen LogP contribution in [0, 0.1) is 6.92 Å². The molecule has 3 rings (SSSR count). The van der Waals surface area contributed by atoms with E-state index in [2.05, 4.69) is 10.5 Å². The molecule has 0 atom stereocenters. The Morgan fingerprint density at radius 3 is 2.69 bits per heavy atom. The van der Waals surface area contributed by atoms with E-state index < -0.39 is 0 Å². The van der Waals surface area contributed by atoms with Gasteiger partial charge in [-0.3, -0.25) is 9.59 Å². The lowest BCUT2D eigenvalue weighted by atomic mass is 10.0. The number of ketones is 1. The monoisotopic (exact) mass is 392 g/mol. The topological polar surface area (TPSA) is 81.4 Å². The van der Waals surface area contributed by atoms with Crippen LogP contribution in [0.1, 0.15) is 34.5 Å². The van der Waals surface area contributed by atoms with Crippen LogP contribution in [0.4, 0.5) is 0 Å². The van der Waals surface area contributed by atoms with Crippen LogP contribution in [-0.2, 0) is 11.2 Å². The molecule has 0 saturated carbocycles. The maximum Gasteiger partial charge on any atom is 0.220 e. The molecule has 29 heavy (non-hydrogen) atoms. The first-order valence-corrected chi connectivity index (χ1v) is 9.52. The summed E-state index contributed by atoms with van der Waals surface area (Å²) in [5, 5.41) is 6.87. The molecule has 150 valence electrons. The number of benzene rings is 2. The number of rotatable bonds is 9. The molecule has 0 unspecified atom stereocenters. The highest BCUT2D eigenvalue weighted by atomic mass is 16.5. The molecule has 3 aromatic rings. The zero-order valence-corrected chi connectivity index (χ0v) is 16.6. The second-order valence-corrected chi connectivity index (χ2v) is 6.75. The fourth-order valence-electron chi connectivity index (χ4n) is 3.01. The van der Waals surface area contributed by atoms with E-state index in [-0.39, 0.29) is 24.5 Å². The molecule has 1 amide bonds. The van der Waals surface area contributed by atoms with Crippen LogP contribution in [0.5, 0.6) is 5.75 Å². The molecule has 0 aliphatic heterocycles. The maximum atomic E-state index is 12.2. The molecule has 0 aliphatic carbocycles. The van der Waals surface area contributed by atoms with Crippen molar-refractivity contribution in [1.82, 2.24) is 10.5 Å². The van der Waals surface area contributed by atoms with Crippen LogP contribution in [0.2, 0.25) is 0 Å². The van der Waals surface area contributed by atoms with Crippen molar-refractivity contribution in [3.05, 3.63) is 71.4 Å². The van der Waals surface area contributed by atoms with Gasteiger partial charge >= 0.3 is 0 Å². The molecule has 0 bridgehead atoms. The van der Waals surface area contributed by atoms with Gasteiger partial charge in [-0.05, 0) is 24.6 Å². The van der Waals surface area contributed by atoms with Crippen molar-refractivity contribution in [3.63, 3.8) is 0 Å². The van der Waals surface area contributed by atoms with E-state index in [0.717, 1.165) is 22.6 Å². The highest BCUT2D eigenvalue weighted by Crippen LogP contribution is 2.24. The van der Waals surface area contributed by atoms with Crippen molar-refractivity contribution in [2.45, 2.75) is 26.2 Å². The number of nitrogens with one attached hydrogen (secondary N) is 1. The van der Waals surface area contributed by atoms with Gasteiger partial charge in [0.1, 0.15) is 5.75 Å². The van der Waals surface area contributed by atoms with E-state index in [1.54, 1.807) is 13.2 Å². The summed E-state index contributed by atoms with van der Waals surface area (Å²) in [6.45, 7) is 2.33. The first-order valence-electron chi connectivity index (χ1n) is 9.52. The van der Waals surface area contributed by atoms with Crippen molar-refractivity contribution >= 4 is 11.7 Å². The molecule has 6 heteroatoms. The highest BCUT2D eigenvalue weighted by molar-refractivity contribution is 5.99. The maximum absolute atomic E-state index is 12.2. The van der Waals surface area contributed by atoms with E-state index >= 15 is 0 Å². The summed E-state index contributed by atoms with van der Waals surface area (Å²) in [5.74, 6) is 1.23. The van der Waals surface area contributed by atoms with Crippen LogP contribution in [-0.4, -0.2) is 30.5 Å². The van der Waals surface area contributed by atoms with Crippen LogP contribution in [0.25, 0.3) is 11.3 Å². The quantitative estimate of drug-likeness (QED) is 0.557. The standard InChI is InChI=1S/C23H24N2O4/c1-16-6-3-4-9-20(16)21(26)10-11-23(27)24-13-12-18-15-22(29-25-18)17-7-5-8-19(14-17)28-2/h3-9,14-15H,10-13H2,1-2H3,(H,24,27). The van der Waals surface area contributed by atoms with Gasteiger partial charge in [0.2, 0.25) is 5.91 Å². The number of carbonyl (C=O) groups excluding carboxylic acids is 2. The minimum Gasteiger partial charge on any atom is -0.497 e. The average molecular weight is 392 g/mol. The first-order chi connectivity index (χ1) is 14.1. The zero-order chi connectivity index (χ0) is 20.6. The van der Waals surface area contributed by atoms with Crippen LogP contribution >= 0.6 is 0 Å². The number of ether oxygens (including phenoxy) is 1. The summed E-state index contributed by atoms with van der Waals surface area (Å²) in [7, 11) is 1.61. The molecule has 0 fully saturated rings. The Morgan fingerprint density at radius 2 is 1.90 bits per heavy atom. The molecule has 0 radical (unpaired) electrons. The predicted molar refractivity (Wildman–Crippen MR) is 110 cm³/mol. The van der Waals surface area contributed by atoms with Gasteiger partial charge in [0.25, 0.3) is 0 Å². The third-order valence-electron chi connectivity index (χ3n) is 4.64. The van der Waals surface area contributed by atoms with Crippen molar-refractivity contribution in [3.8, 4) is 17.1 Å². The highest BCUT2D eigenvalue weighted by Gasteiger charge is 2.12. The number of methoxy groups -OCH3 is 1. The Labute approximate surface area is 169 Å². The summed E-state index contributed by atoms with van der Waals surface area (Å²) in [5.41, 5.74) is 3.23. The molecule has 0 spiro atoms. The minimum absolute atomic E-state index is 0.0160. The van der Waals surface area contributed by atoms with Gasteiger partial charge in [-0.25, -0.2) is 0 Å². The summed E-state index contributed by atoms with van der Waals surface area (Å²) < 4.78 is 10.6. The minimum atomic E-state index is -0.150. The fraction of sp³-hybridized carbons (Fsp3) is 0.261. The van der Waals surface area contributed by atoms with Gasteiger partial charge in [0.05, 0.1) is 12.8 Å². The normalized spacial score (nSPS) is 10.6. The van der Waals surface area contributed by atoms with Crippen molar-refractivity contribution in [1.29, 1.82) is 0 Å². The van der Waals surface area contributed by atoms with Crippen molar-refractivity contribution < 1.29 is 18.8 Å². The Kier molecular flexibility index (Phi) is 6.79.